The van der Waals surface area contributed by atoms with Crippen LogP contribution in [0.4, 0.5) is 14.6 Å². The predicted octanol–water partition coefficient (Wildman–Crippen LogP) is 7.56. The van der Waals surface area contributed by atoms with Crippen LogP contribution in [0, 0.1) is 28.7 Å². The molecule has 0 unspecified atom stereocenters. The second kappa shape index (κ2) is 12.0. The molecule has 4 atom stereocenters. The van der Waals surface area contributed by atoms with E-state index in [1.54, 1.807) is 18.2 Å². The number of hydrogen-bond acceptors (Lipinski definition) is 8. The van der Waals surface area contributed by atoms with E-state index in [0.717, 1.165) is 12.8 Å². The molecule has 7 rings (SSSR count). The Kier molecular flexibility index (Phi) is 8.48. The molecular formula is C30H26F2I2N5O2PS2. The molecule has 0 saturated carbocycles. The zero-order valence-corrected chi connectivity index (χ0v) is 30.5. The summed E-state index contributed by atoms with van der Waals surface area (Å²) in [5.74, 6) is 2.06. The first-order chi connectivity index (χ1) is 21.1. The molecule has 228 valence electrons. The van der Waals surface area contributed by atoms with E-state index in [0.29, 0.717) is 46.2 Å². The molecule has 2 fully saturated rings. The summed E-state index contributed by atoms with van der Waals surface area (Å²) in [6, 6.07) is 8.85. The number of halogens is 4. The van der Waals surface area contributed by atoms with E-state index >= 15 is 8.78 Å². The van der Waals surface area contributed by atoms with Crippen molar-refractivity contribution >= 4 is 95.2 Å². The van der Waals surface area contributed by atoms with Gasteiger partial charge in [-0.15, -0.1) is 0 Å². The van der Waals surface area contributed by atoms with Gasteiger partial charge < -0.3 is 10.2 Å². The van der Waals surface area contributed by atoms with Crippen molar-refractivity contribution in [1.29, 1.82) is 0 Å². The number of rotatable bonds is 4. The largest absolute Gasteiger partial charge is 0.350 e. The Morgan fingerprint density at radius 2 is 1.95 bits per heavy atom. The Morgan fingerprint density at radius 3 is 2.73 bits per heavy atom. The van der Waals surface area contributed by atoms with Gasteiger partial charge in [0.15, 0.2) is 5.82 Å². The first-order valence-corrected chi connectivity index (χ1v) is 24.2. The minimum Gasteiger partial charge on any atom is -0.350 e. The molecule has 3 aliphatic heterocycles. The van der Waals surface area contributed by atoms with Crippen molar-refractivity contribution in [2.75, 3.05) is 17.2 Å². The van der Waals surface area contributed by atoms with Gasteiger partial charge in [0.05, 0.1) is 24.8 Å². The Balaban J connectivity index is 1.54. The summed E-state index contributed by atoms with van der Waals surface area (Å²) in [4.78, 5) is 16.2. The molecule has 2 bridgehead atoms. The van der Waals surface area contributed by atoms with Gasteiger partial charge in [-0.05, 0) is 97.3 Å². The summed E-state index contributed by atoms with van der Waals surface area (Å²) in [7, 11) is -3.87. The Morgan fingerprint density at radius 1 is 1.14 bits per heavy atom. The van der Waals surface area contributed by atoms with Crippen LogP contribution in [0.3, 0.4) is 0 Å². The van der Waals surface area contributed by atoms with Crippen LogP contribution in [0.2, 0.25) is 0 Å². The predicted molar refractivity (Wildman–Crippen MR) is 191 cm³/mol. The van der Waals surface area contributed by atoms with Gasteiger partial charge in [0.25, 0.3) is 0 Å². The van der Waals surface area contributed by atoms with E-state index in [9.17, 15) is 8.42 Å². The first-order valence-electron chi connectivity index (χ1n) is 14.2. The van der Waals surface area contributed by atoms with Crippen LogP contribution in [0.15, 0.2) is 35.5 Å². The summed E-state index contributed by atoms with van der Waals surface area (Å²) in [6.07, 6.45) is 2.56. The fourth-order valence-corrected chi connectivity index (χ4v) is 10.0. The zero-order valence-electron chi connectivity index (χ0n) is 23.6. The lowest BCUT2D eigenvalue weighted by molar-refractivity contribution is 0.301. The van der Waals surface area contributed by atoms with Crippen LogP contribution < -0.4 is 10.2 Å². The number of benzene rings is 2. The first kappa shape index (κ1) is 31.2. The summed E-state index contributed by atoms with van der Waals surface area (Å²) in [5.41, 5.74) is 1.10. The molecule has 2 saturated heterocycles. The molecule has 0 aliphatic carbocycles. The number of pyridine rings is 1. The van der Waals surface area contributed by atoms with Gasteiger partial charge in [-0.3, -0.25) is 0 Å². The van der Waals surface area contributed by atoms with E-state index in [-0.39, 0.29) is 51.7 Å². The maximum atomic E-state index is 17.0. The number of nitrogens with zero attached hydrogens (tertiary/aromatic N) is 4. The highest BCUT2D eigenvalue weighted by atomic mass is 127. The van der Waals surface area contributed by atoms with E-state index in [2.05, 4.69) is 82.4 Å². The van der Waals surface area contributed by atoms with E-state index < -0.39 is 23.9 Å². The fourth-order valence-electron chi connectivity index (χ4n) is 6.99. The monoisotopic (exact) mass is 875 g/mol. The van der Waals surface area contributed by atoms with Gasteiger partial charge in [-0.2, -0.15) is 0 Å². The average molecular weight is 875 g/mol. The highest BCUT2D eigenvalue weighted by molar-refractivity contribution is 14.3. The van der Waals surface area contributed by atoms with Gasteiger partial charge >= 0.3 is 0 Å². The highest BCUT2D eigenvalue weighted by Gasteiger charge is 2.46. The lowest BCUT2D eigenvalue weighted by atomic mass is 9.89. The van der Waals surface area contributed by atoms with Crippen molar-refractivity contribution in [3.63, 3.8) is 0 Å². The molecule has 1 N–H and O–H groups in total. The van der Waals surface area contributed by atoms with Crippen LogP contribution in [0.1, 0.15) is 37.9 Å². The van der Waals surface area contributed by atoms with Crippen LogP contribution in [-0.2, 0) is 16.3 Å². The van der Waals surface area contributed by atoms with Crippen LogP contribution in [-0.4, -0.2) is 53.8 Å². The van der Waals surface area contributed by atoms with Crippen molar-refractivity contribution in [3.05, 3.63) is 53.2 Å². The smallest absolute Gasteiger partial charge is 0.249 e. The van der Waals surface area contributed by atoms with E-state index in [1.807, 2.05) is 6.07 Å². The number of anilines is 1. The number of fused-ring (bicyclic) bond motifs is 6. The summed E-state index contributed by atoms with van der Waals surface area (Å²) in [5, 5.41) is 7.96. The molecule has 0 spiro atoms. The molecule has 5 heterocycles. The summed E-state index contributed by atoms with van der Waals surface area (Å²) >= 11 is 6.00. The third kappa shape index (κ3) is 5.29. The van der Waals surface area contributed by atoms with Gasteiger partial charge in [-0.25, -0.2) is 32.2 Å². The number of hydrogen-bond donors (Lipinski definition) is 1. The third-order valence-electron chi connectivity index (χ3n) is 8.85. The standard InChI is InChI=1S/C30H26F2I2N5O2PS2/c1-3-44(40,41)30-37-27-24-22(13-15(2)28-21-10-8-17(35-21)14-39(28)29(24)38-30)36-26(25(27)32)19-6-4-5-16-7-9-20(31)18(23(16)19)11-12-43-42(33)34/h4-7,9,15,17,21,28,35H,3,8,10,13-14H2,1-2H3/t15-,17+,21-,28+/m0/s1. The summed E-state index contributed by atoms with van der Waals surface area (Å²) in [6.45, 7) is 4.33. The number of nitrogens with one attached hydrogen (secondary N) is 1. The minimum absolute atomic E-state index is 0.000603. The Labute approximate surface area is 285 Å². The number of piperazine rings is 1. The molecule has 0 radical (unpaired) electrons. The number of sulfone groups is 1. The van der Waals surface area contributed by atoms with Crippen molar-refractivity contribution in [3.8, 4) is 22.4 Å². The van der Waals surface area contributed by atoms with Crippen LogP contribution in [0.5, 0.6) is 0 Å². The van der Waals surface area contributed by atoms with Crippen molar-refractivity contribution < 1.29 is 17.2 Å². The Bertz CT molecular complexity index is 2020. The van der Waals surface area contributed by atoms with Crippen molar-refractivity contribution in [1.82, 2.24) is 20.3 Å². The number of aromatic nitrogens is 3. The maximum Gasteiger partial charge on any atom is 0.249 e. The van der Waals surface area contributed by atoms with Crippen LogP contribution >= 0.6 is 57.9 Å². The summed E-state index contributed by atoms with van der Waals surface area (Å²) < 4.78 is 58.3. The third-order valence-corrected chi connectivity index (χ3v) is 14.9. The van der Waals surface area contributed by atoms with Crippen molar-refractivity contribution in [2.24, 2.45) is 5.92 Å². The lowest BCUT2D eigenvalue weighted by Crippen LogP contribution is -2.60. The quantitative estimate of drug-likeness (QED) is 0.0975. The van der Waals surface area contributed by atoms with Crippen molar-refractivity contribution in [2.45, 2.75) is 56.4 Å². The topological polar surface area (TPSA) is 88.1 Å². The average Bonchev–Trinajstić information content (AvgIpc) is 3.32. The molecule has 3 aliphatic rings. The second-order valence-electron chi connectivity index (χ2n) is 11.4. The second-order valence-corrected chi connectivity index (χ2v) is 31.3. The molecule has 7 nitrogen and oxygen atoms in total. The molecule has 4 aromatic rings. The molecule has 14 heteroatoms. The highest BCUT2D eigenvalue weighted by Crippen LogP contribution is 2.64. The minimum atomic E-state index is -3.87. The van der Waals surface area contributed by atoms with Gasteiger partial charge in [0.2, 0.25) is 15.0 Å². The SMILES string of the molecule is CCS(=O)(=O)c1nc2c3c(nc(-c4cccc5ccc(F)c(C#CSP(I)I)c45)c(F)c3n1)C[C@H](C)[C@@H]1[C@@H]3CC[C@H](CN21)N3. The zero-order chi connectivity index (χ0) is 30.9. The van der Waals surface area contributed by atoms with Gasteiger partial charge in [0.1, 0.15) is 22.8 Å². The van der Waals surface area contributed by atoms with E-state index in [1.165, 1.54) is 24.4 Å². The fraction of sp³-hybridized carbons (Fsp3) is 0.367. The normalized spacial score (nSPS) is 22.7. The Hall–Kier alpha value is -1.44. The molecule has 2 aromatic heterocycles. The molecule has 2 aromatic carbocycles. The van der Waals surface area contributed by atoms with Gasteiger partial charge in [-0.1, -0.05) is 44.0 Å². The van der Waals surface area contributed by atoms with E-state index in [4.69, 9.17) is 4.98 Å². The molecule has 44 heavy (non-hydrogen) atoms. The lowest BCUT2D eigenvalue weighted by Gasteiger charge is -2.43. The molecular weight excluding hydrogens is 849 g/mol. The van der Waals surface area contributed by atoms with Crippen LogP contribution in [0.25, 0.3) is 32.9 Å². The van der Waals surface area contributed by atoms with Gasteiger partial charge in [0, 0.05) is 35.6 Å². The maximum absolute atomic E-state index is 17.0. The molecule has 0 amide bonds.